The molecule has 5 atom stereocenters. The highest BCUT2D eigenvalue weighted by Gasteiger charge is 2.30. The SMILES string of the molecule is CCCCCCCCCCCCCCCCCCCCCC(=O)O[C@H](COC(=O)CCCCCCCCCCCCCCC(C)C)COP(=O)(O)OC[C@@H](O)COP(=O)(O)OC[C@@H](COC(=O)CCCCCCCCC)OC(=O)CCCCCCCCCCCC. The van der Waals surface area contributed by atoms with Gasteiger partial charge in [0, 0.05) is 25.7 Å². The van der Waals surface area contributed by atoms with E-state index in [9.17, 15) is 43.2 Å². The van der Waals surface area contributed by atoms with Crippen molar-refractivity contribution in [2.24, 2.45) is 5.92 Å². The predicted octanol–water partition coefficient (Wildman–Crippen LogP) is 20.9. The van der Waals surface area contributed by atoms with E-state index >= 15 is 0 Å². The maximum absolute atomic E-state index is 13.0. The van der Waals surface area contributed by atoms with Crippen molar-refractivity contribution in [3.05, 3.63) is 0 Å². The first-order chi connectivity index (χ1) is 44.0. The van der Waals surface area contributed by atoms with E-state index in [0.29, 0.717) is 25.7 Å². The van der Waals surface area contributed by atoms with Gasteiger partial charge in [0.25, 0.3) is 0 Å². The Morgan fingerprint density at radius 2 is 0.505 bits per heavy atom. The first kappa shape index (κ1) is 89.1. The van der Waals surface area contributed by atoms with Crippen molar-refractivity contribution < 1.29 is 80.2 Å². The summed E-state index contributed by atoms with van der Waals surface area (Å²) in [6.45, 7) is 7.22. The number of rotatable bonds is 72. The van der Waals surface area contributed by atoms with Crippen LogP contribution >= 0.6 is 15.6 Å². The Labute approximate surface area is 556 Å². The van der Waals surface area contributed by atoms with Crippen LogP contribution in [0.3, 0.4) is 0 Å². The molecule has 91 heavy (non-hydrogen) atoms. The lowest BCUT2D eigenvalue weighted by atomic mass is 10.0. The predicted molar refractivity (Wildman–Crippen MR) is 368 cm³/mol. The number of unbranched alkanes of at least 4 members (excludes halogenated alkanes) is 44. The molecule has 19 heteroatoms. The topological polar surface area (TPSA) is 237 Å². The van der Waals surface area contributed by atoms with Gasteiger partial charge in [-0.2, -0.15) is 0 Å². The minimum atomic E-state index is -4.95. The Hall–Kier alpha value is -1.94. The van der Waals surface area contributed by atoms with E-state index in [-0.39, 0.29) is 25.7 Å². The number of aliphatic hydroxyl groups excluding tert-OH is 1. The van der Waals surface area contributed by atoms with Crippen molar-refractivity contribution in [1.29, 1.82) is 0 Å². The van der Waals surface area contributed by atoms with Crippen LogP contribution in [0, 0.1) is 5.92 Å². The molecule has 0 aliphatic rings. The minimum Gasteiger partial charge on any atom is -0.462 e. The van der Waals surface area contributed by atoms with Gasteiger partial charge in [-0.25, -0.2) is 9.13 Å². The smallest absolute Gasteiger partial charge is 0.462 e. The molecule has 0 aromatic heterocycles. The monoisotopic (exact) mass is 1340 g/mol. The Balaban J connectivity index is 5.17. The normalized spacial score (nSPS) is 14.0. The van der Waals surface area contributed by atoms with Crippen molar-refractivity contribution in [3.63, 3.8) is 0 Å². The van der Waals surface area contributed by atoms with Crippen molar-refractivity contribution in [2.75, 3.05) is 39.6 Å². The molecule has 0 saturated carbocycles. The fourth-order valence-corrected chi connectivity index (χ4v) is 12.6. The number of carbonyl (C=O) groups is 4. The van der Waals surface area contributed by atoms with Gasteiger partial charge in [0.15, 0.2) is 12.2 Å². The van der Waals surface area contributed by atoms with Crippen LogP contribution < -0.4 is 0 Å². The van der Waals surface area contributed by atoms with Crippen LogP contribution in [0.1, 0.15) is 375 Å². The third-order valence-corrected chi connectivity index (χ3v) is 18.7. The number of phosphoric ester groups is 2. The lowest BCUT2D eigenvalue weighted by Gasteiger charge is -2.21. The molecular formula is C72H140O17P2. The molecule has 2 unspecified atom stereocenters. The second-order valence-electron chi connectivity index (χ2n) is 26.5. The molecule has 0 radical (unpaired) electrons. The molecule has 0 bridgehead atoms. The summed E-state index contributed by atoms with van der Waals surface area (Å²) in [5, 5.41) is 10.6. The Morgan fingerprint density at radius 1 is 0.297 bits per heavy atom. The number of carbonyl (C=O) groups excluding carboxylic acids is 4. The first-order valence-electron chi connectivity index (χ1n) is 37.6. The molecule has 17 nitrogen and oxygen atoms in total. The third-order valence-electron chi connectivity index (χ3n) is 16.8. The van der Waals surface area contributed by atoms with Crippen molar-refractivity contribution in [1.82, 2.24) is 0 Å². The molecule has 0 saturated heterocycles. The first-order valence-corrected chi connectivity index (χ1v) is 40.6. The number of aliphatic hydroxyl groups is 1. The summed E-state index contributed by atoms with van der Waals surface area (Å²) in [5.41, 5.74) is 0. The molecule has 0 fully saturated rings. The van der Waals surface area contributed by atoms with Gasteiger partial charge in [-0.1, -0.05) is 324 Å². The summed E-state index contributed by atoms with van der Waals surface area (Å²) in [5.74, 6) is -1.34. The zero-order chi connectivity index (χ0) is 67.0. The van der Waals surface area contributed by atoms with Crippen LogP contribution in [0.4, 0.5) is 0 Å². The molecular weight excluding hydrogens is 1200 g/mol. The molecule has 0 rings (SSSR count). The molecule has 0 spiro atoms. The van der Waals surface area contributed by atoms with E-state index in [1.807, 2.05) is 0 Å². The van der Waals surface area contributed by atoms with Gasteiger partial charge < -0.3 is 33.8 Å². The second kappa shape index (κ2) is 65.4. The molecule has 3 N–H and O–H groups in total. The quantitative estimate of drug-likeness (QED) is 0.0222. The van der Waals surface area contributed by atoms with E-state index < -0.39 is 97.5 Å². The van der Waals surface area contributed by atoms with Gasteiger partial charge in [0.05, 0.1) is 26.4 Å². The molecule has 0 aromatic rings. The van der Waals surface area contributed by atoms with Crippen LogP contribution in [0.15, 0.2) is 0 Å². The van der Waals surface area contributed by atoms with Crippen LogP contribution in [0.25, 0.3) is 0 Å². The third kappa shape index (κ3) is 66.5. The zero-order valence-electron chi connectivity index (χ0n) is 59.0. The standard InChI is InChI=1S/C72H140O17P2/c1-6-9-12-15-18-20-22-23-24-25-26-27-28-29-34-38-43-48-53-58-72(77)89-68(62-83-70(75)56-51-46-41-37-33-31-30-32-35-40-44-49-54-65(4)5)64-87-91(80,81)85-60-66(73)59-84-90(78,79)86-63-67(61-82-69(74)55-50-45-39-17-14-11-8-3)88-71(76)57-52-47-42-36-21-19-16-13-10-7-2/h65-68,73H,6-64H2,1-5H3,(H,78,79)(H,80,81)/t66-,67+,68+/m0/s1. The number of hydrogen-bond donors (Lipinski definition) is 3. The Bertz CT molecular complexity index is 1750. The van der Waals surface area contributed by atoms with E-state index in [0.717, 1.165) is 109 Å². The van der Waals surface area contributed by atoms with Crippen LogP contribution in [0.5, 0.6) is 0 Å². The Kier molecular flexibility index (Phi) is 64.0. The molecule has 0 aromatic carbocycles. The van der Waals surface area contributed by atoms with Gasteiger partial charge >= 0.3 is 39.5 Å². The van der Waals surface area contributed by atoms with Gasteiger partial charge in [-0.05, 0) is 31.6 Å². The van der Waals surface area contributed by atoms with Crippen LogP contribution in [0.2, 0.25) is 0 Å². The average Bonchev–Trinajstić information content (AvgIpc) is 3.60. The Morgan fingerprint density at radius 3 is 0.747 bits per heavy atom. The molecule has 540 valence electrons. The van der Waals surface area contributed by atoms with E-state index in [1.165, 1.54) is 186 Å². The maximum atomic E-state index is 13.0. The summed E-state index contributed by atoms with van der Waals surface area (Å²) < 4.78 is 68.2. The highest BCUT2D eigenvalue weighted by molar-refractivity contribution is 7.47. The lowest BCUT2D eigenvalue weighted by molar-refractivity contribution is -0.161. The number of ether oxygens (including phenoxy) is 4. The molecule has 0 aliphatic heterocycles. The van der Waals surface area contributed by atoms with Crippen molar-refractivity contribution in [3.8, 4) is 0 Å². The fourth-order valence-electron chi connectivity index (χ4n) is 11.0. The summed E-state index contributed by atoms with van der Waals surface area (Å²) in [6, 6.07) is 0. The second-order valence-corrected chi connectivity index (χ2v) is 29.4. The molecule has 0 amide bonds. The summed E-state index contributed by atoms with van der Waals surface area (Å²) in [4.78, 5) is 72.4. The van der Waals surface area contributed by atoms with Gasteiger partial charge in [0.2, 0.25) is 0 Å². The van der Waals surface area contributed by atoms with Crippen LogP contribution in [-0.4, -0.2) is 96.7 Å². The molecule has 0 heterocycles. The fraction of sp³-hybridized carbons (Fsp3) is 0.944. The van der Waals surface area contributed by atoms with Crippen molar-refractivity contribution >= 4 is 39.5 Å². The number of hydrogen-bond acceptors (Lipinski definition) is 15. The van der Waals surface area contributed by atoms with Gasteiger partial charge in [0.1, 0.15) is 19.3 Å². The summed E-state index contributed by atoms with van der Waals surface area (Å²) in [7, 11) is -9.89. The number of esters is 4. The maximum Gasteiger partial charge on any atom is 0.472 e. The van der Waals surface area contributed by atoms with E-state index in [2.05, 4.69) is 34.6 Å². The highest BCUT2D eigenvalue weighted by Crippen LogP contribution is 2.45. The zero-order valence-corrected chi connectivity index (χ0v) is 60.8. The lowest BCUT2D eigenvalue weighted by Crippen LogP contribution is -2.30. The summed E-state index contributed by atoms with van der Waals surface area (Å²) >= 11 is 0. The largest absolute Gasteiger partial charge is 0.472 e. The summed E-state index contributed by atoms with van der Waals surface area (Å²) in [6.07, 6.45) is 52.9. The minimum absolute atomic E-state index is 0.106. The molecule has 0 aliphatic carbocycles. The van der Waals surface area contributed by atoms with Crippen molar-refractivity contribution in [2.45, 2.75) is 393 Å². The van der Waals surface area contributed by atoms with E-state index in [1.54, 1.807) is 0 Å². The highest BCUT2D eigenvalue weighted by atomic mass is 31.2. The van der Waals surface area contributed by atoms with Crippen LogP contribution in [-0.2, 0) is 65.4 Å². The van der Waals surface area contributed by atoms with Gasteiger partial charge in [-0.3, -0.25) is 37.3 Å². The number of phosphoric acid groups is 2. The average molecular weight is 1340 g/mol. The van der Waals surface area contributed by atoms with Gasteiger partial charge in [-0.15, -0.1) is 0 Å². The van der Waals surface area contributed by atoms with E-state index in [4.69, 9.17) is 37.0 Å².